The lowest BCUT2D eigenvalue weighted by Crippen LogP contribution is -2.12. The zero-order chi connectivity index (χ0) is 9.68. The Bertz CT molecular complexity index is 324. The molecule has 0 aliphatic rings. The Morgan fingerprint density at radius 1 is 1.31 bits per heavy atom. The maximum Gasteiger partial charge on any atom is 0.153 e. The first-order valence-corrected chi connectivity index (χ1v) is 3.88. The summed E-state index contributed by atoms with van der Waals surface area (Å²) in [6.45, 7) is 2.01. The maximum absolute atomic E-state index is 5.61. The molecule has 0 aliphatic carbocycles. The number of hydrogen-bond acceptors (Lipinski definition) is 2. The Hall–Kier alpha value is -1.84. The number of hydrogen-bond donors (Lipinski definition) is 2. The fraction of sp³-hybridized carbons (Fsp3) is 0.111. The quantitative estimate of drug-likeness (QED) is 0.393. The predicted octanol–water partition coefficient (Wildman–Crippen LogP) is 0.602. The molecule has 0 aliphatic heterocycles. The van der Waals surface area contributed by atoms with Crippen LogP contribution in [0.25, 0.3) is 0 Å². The molecule has 4 N–H and O–H groups in total. The molecule has 0 spiro atoms. The molecule has 0 heterocycles. The molecule has 13 heavy (non-hydrogen) atoms. The highest BCUT2D eigenvalue weighted by Crippen LogP contribution is 2.02. The van der Waals surface area contributed by atoms with E-state index >= 15 is 0 Å². The first-order chi connectivity index (χ1) is 6.24. The first kappa shape index (κ1) is 9.25. The van der Waals surface area contributed by atoms with E-state index in [1.807, 2.05) is 31.2 Å². The van der Waals surface area contributed by atoms with Crippen LogP contribution in [0.3, 0.4) is 0 Å². The first-order valence-electron chi connectivity index (χ1n) is 3.88. The zero-order valence-electron chi connectivity index (χ0n) is 7.44. The molecule has 0 saturated carbocycles. The fourth-order valence-corrected chi connectivity index (χ4v) is 0.878. The van der Waals surface area contributed by atoms with Crippen molar-refractivity contribution in [3.05, 3.63) is 35.4 Å². The Morgan fingerprint density at radius 2 is 1.92 bits per heavy atom. The molecule has 1 rings (SSSR count). The predicted molar refractivity (Wildman–Crippen MR) is 54.6 cm³/mol. The molecule has 0 radical (unpaired) electrons. The molecule has 0 atom stereocenters. The van der Waals surface area contributed by atoms with E-state index in [0.29, 0.717) is 5.84 Å². The third kappa shape index (κ3) is 2.59. The summed E-state index contributed by atoms with van der Waals surface area (Å²) in [5.41, 5.74) is 12.7. The summed E-state index contributed by atoms with van der Waals surface area (Å²) in [7, 11) is 0. The topological polar surface area (TPSA) is 76.8 Å². The third-order valence-electron chi connectivity index (χ3n) is 1.58. The van der Waals surface area contributed by atoms with Crippen LogP contribution in [0.15, 0.2) is 34.5 Å². The van der Waals surface area contributed by atoms with Crippen molar-refractivity contribution >= 4 is 12.2 Å². The van der Waals surface area contributed by atoms with E-state index in [-0.39, 0.29) is 0 Å². The smallest absolute Gasteiger partial charge is 0.153 e. The van der Waals surface area contributed by atoms with Crippen LogP contribution in [0.2, 0.25) is 0 Å². The molecular formula is C9H12N4. The van der Waals surface area contributed by atoms with E-state index in [0.717, 1.165) is 11.9 Å². The van der Waals surface area contributed by atoms with Gasteiger partial charge in [0, 0.05) is 5.56 Å². The number of nitrogens with zero attached hydrogens (tertiary/aromatic N) is 2. The van der Waals surface area contributed by atoms with Crippen molar-refractivity contribution in [2.45, 2.75) is 6.92 Å². The van der Waals surface area contributed by atoms with Gasteiger partial charge in [-0.1, -0.05) is 29.8 Å². The van der Waals surface area contributed by atoms with E-state index < -0.39 is 0 Å². The molecular weight excluding hydrogens is 164 g/mol. The van der Waals surface area contributed by atoms with Crippen LogP contribution in [-0.2, 0) is 0 Å². The van der Waals surface area contributed by atoms with E-state index in [4.69, 9.17) is 11.5 Å². The maximum atomic E-state index is 5.61. The Morgan fingerprint density at radius 3 is 2.46 bits per heavy atom. The molecule has 1 aromatic carbocycles. The molecule has 0 fully saturated rings. The summed E-state index contributed by atoms with van der Waals surface area (Å²) >= 11 is 0. The number of rotatable bonds is 2. The Balaban J connectivity index is 2.89. The van der Waals surface area contributed by atoms with Gasteiger partial charge in [0.2, 0.25) is 0 Å². The zero-order valence-corrected chi connectivity index (χ0v) is 7.44. The minimum absolute atomic E-state index is 0.363. The summed E-state index contributed by atoms with van der Waals surface area (Å²) in [4.78, 5) is 0. The van der Waals surface area contributed by atoms with Gasteiger partial charge in [0.05, 0.1) is 0 Å². The summed E-state index contributed by atoms with van der Waals surface area (Å²) in [5, 5.41) is 7.17. The van der Waals surface area contributed by atoms with Gasteiger partial charge in [0.15, 0.2) is 5.84 Å². The standard InChI is InChI=1S/C9H12N4/c1-7-2-4-8(5-3-7)9(11)13-12-6-10/h2-6H,1H3,(H2,10,12)(H2,11,13). The average Bonchev–Trinajstić information content (AvgIpc) is 2.15. The molecule has 1 aromatic rings. The van der Waals surface area contributed by atoms with E-state index in [9.17, 15) is 0 Å². The van der Waals surface area contributed by atoms with Crippen molar-refractivity contribution in [3.8, 4) is 0 Å². The monoisotopic (exact) mass is 176 g/mol. The van der Waals surface area contributed by atoms with Crippen LogP contribution in [0.1, 0.15) is 11.1 Å². The number of nitrogens with two attached hydrogens (primary N) is 2. The van der Waals surface area contributed by atoms with E-state index in [2.05, 4.69) is 10.2 Å². The van der Waals surface area contributed by atoms with Crippen molar-refractivity contribution in [2.75, 3.05) is 0 Å². The van der Waals surface area contributed by atoms with Crippen LogP contribution >= 0.6 is 0 Å². The van der Waals surface area contributed by atoms with Crippen molar-refractivity contribution in [1.82, 2.24) is 0 Å². The SMILES string of the molecule is Cc1ccc(/C(N)=N/N=C\N)cc1. The van der Waals surface area contributed by atoms with Crippen LogP contribution in [0, 0.1) is 6.92 Å². The van der Waals surface area contributed by atoms with Crippen LogP contribution in [0.4, 0.5) is 0 Å². The van der Waals surface area contributed by atoms with Crippen molar-refractivity contribution in [2.24, 2.45) is 21.7 Å². The van der Waals surface area contributed by atoms with Gasteiger partial charge in [-0.25, -0.2) is 0 Å². The summed E-state index contributed by atoms with van der Waals surface area (Å²) < 4.78 is 0. The molecule has 4 heteroatoms. The molecule has 0 saturated heterocycles. The fourth-order valence-electron chi connectivity index (χ4n) is 0.878. The lowest BCUT2D eigenvalue weighted by atomic mass is 10.1. The molecule has 0 aromatic heterocycles. The second-order valence-electron chi connectivity index (χ2n) is 2.62. The molecule has 0 bridgehead atoms. The van der Waals surface area contributed by atoms with Crippen LogP contribution in [-0.4, -0.2) is 12.2 Å². The van der Waals surface area contributed by atoms with Gasteiger partial charge in [0.25, 0.3) is 0 Å². The average molecular weight is 176 g/mol. The summed E-state index contributed by atoms with van der Waals surface area (Å²) in [5.74, 6) is 0.363. The molecule has 0 amide bonds. The normalized spacial score (nSPS) is 12.2. The highest BCUT2D eigenvalue weighted by molar-refractivity contribution is 5.97. The van der Waals surface area contributed by atoms with Crippen LogP contribution in [0.5, 0.6) is 0 Å². The van der Waals surface area contributed by atoms with Gasteiger partial charge in [-0.05, 0) is 6.92 Å². The van der Waals surface area contributed by atoms with Crippen molar-refractivity contribution in [1.29, 1.82) is 0 Å². The third-order valence-corrected chi connectivity index (χ3v) is 1.58. The van der Waals surface area contributed by atoms with Crippen molar-refractivity contribution in [3.63, 3.8) is 0 Å². The Labute approximate surface area is 77.0 Å². The highest BCUT2D eigenvalue weighted by Gasteiger charge is 1.95. The van der Waals surface area contributed by atoms with Gasteiger partial charge in [-0.3, -0.25) is 0 Å². The lowest BCUT2D eigenvalue weighted by molar-refractivity contribution is 1.22. The summed E-state index contributed by atoms with van der Waals surface area (Å²) in [6.07, 6.45) is 1.10. The highest BCUT2D eigenvalue weighted by atomic mass is 15.2. The number of aryl methyl sites for hydroxylation is 1. The molecule has 0 unspecified atom stereocenters. The van der Waals surface area contributed by atoms with E-state index in [1.165, 1.54) is 5.56 Å². The van der Waals surface area contributed by atoms with Gasteiger partial charge in [-0.2, -0.15) is 0 Å². The minimum atomic E-state index is 0.363. The minimum Gasteiger partial charge on any atom is -0.388 e. The second kappa shape index (κ2) is 4.25. The van der Waals surface area contributed by atoms with Gasteiger partial charge in [0.1, 0.15) is 6.34 Å². The van der Waals surface area contributed by atoms with Crippen LogP contribution < -0.4 is 11.5 Å². The number of amidine groups is 1. The van der Waals surface area contributed by atoms with Gasteiger partial charge in [-0.15, -0.1) is 10.2 Å². The van der Waals surface area contributed by atoms with E-state index in [1.54, 1.807) is 0 Å². The van der Waals surface area contributed by atoms with Gasteiger partial charge < -0.3 is 11.5 Å². The molecule has 68 valence electrons. The molecule has 4 nitrogen and oxygen atoms in total. The van der Waals surface area contributed by atoms with Crippen molar-refractivity contribution < 1.29 is 0 Å². The largest absolute Gasteiger partial charge is 0.388 e. The number of benzene rings is 1. The lowest BCUT2D eigenvalue weighted by Gasteiger charge is -1.98. The summed E-state index contributed by atoms with van der Waals surface area (Å²) in [6, 6.07) is 7.70. The Kier molecular flexibility index (Phi) is 3.03. The van der Waals surface area contributed by atoms with Gasteiger partial charge >= 0.3 is 0 Å². The second-order valence-corrected chi connectivity index (χ2v) is 2.62.